The number of carbonyl (C=O) groups is 3. The second-order valence-electron chi connectivity index (χ2n) is 4.22. The maximum Gasteiger partial charge on any atom is 0.339 e. The molecule has 0 bridgehead atoms. The van der Waals surface area contributed by atoms with Crippen LogP contribution in [-0.2, 0) is 9.63 Å². The zero-order valence-electron chi connectivity index (χ0n) is 9.13. The smallest absolute Gasteiger partial charge is 0.329 e. The van der Waals surface area contributed by atoms with Crippen molar-refractivity contribution in [2.75, 3.05) is 0 Å². The van der Waals surface area contributed by atoms with Crippen molar-refractivity contribution >= 4 is 17.8 Å². The number of rotatable bonds is 2. The molecule has 92 valence electrons. The number of alkyl halides is 1. The Morgan fingerprint density at radius 1 is 1.22 bits per heavy atom. The Labute approximate surface area is 101 Å². The SMILES string of the molecule is O=C(ON1C(=O)c2ccccc2C1=O)[C@H]1C[C@@H]1F. The molecular weight excluding hydrogens is 241 g/mol. The van der Waals surface area contributed by atoms with Crippen molar-refractivity contribution in [3.63, 3.8) is 0 Å². The lowest BCUT2D eigenvalue weighted by atomic mass is 10.1. The lowest BCUT2D eigenvalue weighted by Crippen LogP contribution is -2.33. The van der Waals surface area contributed by atoms with Crippen molar-refractivity contribution in [1.82, 2.24) is 5.06 Å². The molecule has 3 rings (SSSR count). The molecule has 1 heterocycles. The first-order valence-electron chi connectivity index (χ1n) is 5.43. The van der Waals surface area contributed by atoms with Gasteiger partial charge in [-0.3, -0.25) is 9.59 Å². The number of hydrogen-bond acceptors (Lipinski definition) is 4. The molecule has 2 amide bonds. The van der Waals surface area contributed by atoms with Gasteiger partial charge in [-0.05, 0) is 18.6 Å². The molecule has 1 fully saturated rings. The van der Waals surface area contributed by atoms with E-state index in [4.69, 9.17) is 0 Å². The van der Waals surface area contributed by atoms with Gasteiger partial charge in [0.1, 0.15) is 6.17 Å². The third-order valence-electron chi connectivity index (χ3n) is 2.95. The number of benzene rings is 1. The summed E-state index contributed by atoms with van der Waals surface area (Å²) in [5.41, 5.74) is 0.366. The van der Waals surface area contributed by atoms with Gasteiger partial charge in [0.05, 0.1) is 17.0 Å². The standard InChI is InChI=1S/C12H8FNO4/c13-9-5-8(9)12(17)18-14-10(15)6-3-1-2-4-7(6)11(14)16/h1-4,8-9H,5H2/t8-,9-/m0/s1. The van der Waals surface area contributed by atoms with E-state index in [1.165, 1.54) is 12.1 Å². The molecule has 0 saturated heterocycles. The van der Waals surface area contributed by atoms with Crippen molar-refractivity contribution in [1.29, 1.82) is 0 Å². The first-order valence-corrected chi connectivity index (χ1v) is 5.43. The number of fused-ring (bicyclic) bond motifs is 1. The van der Waals surface area contributed by atoms with Crippen LogP contribution in [0.15, 0.2) is 24.3 Å². The molecule has 1 aromatic rings. The lowest BCUT2D eigenvalue weighted by molar-refractivity contribution is -0.170. The molecule has 0 spiro atoms. The van der Waals surface area contributed by atoms with E-state index in [1.54, 1.807) is 12.1 Å². The molecular formula is C12H8FNO4. The van der Waals surface area contributed by atoms with Crippen LogP contribution < -0.4 is 0 Å². The minimum atomic E-state index is -1.23. The van der Waals surface area contributed by atoms with Gasteiger partial charge in [-0.2, -0.15) is 0 Å². The number of imide groups is 1. The molecule has 2 atom stereocenters. The fourth-order valence-corrected chi connectivity index (χ4v) is 1.82. The summed E-state index contributed by atoms with van der Waals surface area (Å²) in [5, 5.41) is 0.401. The topological polar surface area (TPSA) is 63.7 Å². The first-order chi connectivity index (χ1) is 8.59. The molecule has 1 aliphatic carbocycles. The number of amides is 2. The molecule has 2 aliphatic rings. The highest BCUT2D eigenvalue weighted by Gasteiger charge is 2.48. The molecule has 0 unspecified atom stereocenters. The van der Waals surface area contributed by atoms with E-state index >= 15 is 0 Å². The fraction of sp³-hybridized carbons (Fsp3) is 0.250. The van der Waals surface area contributed by atoms with Crippen molar-refractivity contribution in [2.45, 2.75) is 12.6 Å². The number of halogens is 1. The van der Waals surface area contributed by atoms with Crippen molar-refractivity contribution in [3.05, 3.63) is 35.4 Å². The highest BCUT2D eigenvalue weighted by molar-refractivity contribution is 6.20. The summed E-state index contributed by atoms with van der Waals surface area (Å²) in [6.07, 6.45) is -1.14. The predicted octanol–water partition coefficient (Wildman–Crippen LogP) is 1.10. The normalized spacial score (nSPS) is 25.1. The molecule has 0 N–H and O–H groups in total. The fourth-order valence-electron chi connectivity index (χ4n) is 1.82. The van der Waals surface area contributed by atoms with E-state index in [0.717, 1.165) is 0 Å². The summed E-state index contributed by atoms with van der Waals surface area (Å²) >= 11 is 0. The van der Waals surface area contributed by atoms with Gasteiger partial charge in [-0.25, -0.2) is 9.18 Å². The Kier molecular flexibility index (Phi) is 2.19. The summed E-state index contributed by atoms with van der Waals surface area (Å²) < 4.78 is 12.7. The molecule has 6 heteroatoms. The second-order valence-corrected chi connectivity index (χ2v) is 4.22. The zero-order valence-corrected chi connectivity index (χ0v) is 9.13. The van der Waals surface area contributed by atoms with Gasteiger partial charge in [0.25, 0.3) is 11.8 Å². The van der Waals surface area contributed by atoms with Crippen LogP contribution in [0.3, 0.4) is 0 Å². The van der Waals surface area contributed by atoms with E-state index in [1.807, 2.05) is 0 Å². The van der Waals surface area contributed by atoms with E-state index in [0.29, 0.717) is 5.06 Å². The Morgan fingerprint density at radius 3 is 2.17 bits per heavy atom. The zero-order chi connectivity index (χ0) is 12.9. The first kappa shape index (κ1) is 10.9. The van der Waals surface area contributed by atoms with E-state index in [9.17, 15) is 18.8 Å². The minimum Gasteiger partial charge on any atom is -0.329 e. The predicted molar refractivity (Wildman–Crippen MR) is 56.0 cm³/mol. The van der Waals surface area contributed by atoms with Crippen LogP contribution in [0.2, 0.25) is 0 Å². The summed E-state index contributed by atoms with van der Waals surface area (Å²) in [6.45, 7) is 0. The van der Waals surface area contributed by atoms with Gasteiger partial charge in [0.15, 0.2) is 0 Å². The number of nitrogens with zero attached hydrogens (tertiary/aromatic N) is 1. The van der Waals surface area contributed by atoms with Crippen LogP contribution in [0.4, 0.5) is 4.39 Å². The number of carbonyl (C=O) groups excluding carboxylic acids is 3. The summed E-state index contributed by atoms with van der Waals surface area (Å²) in [6, 6.07) is 6.15. The van der Waals surface area contributed by atoms with Crippen molar-refractivity contribution < 1.29 is 23.6 Å². The molecule has 18 heavy (non-hydrogen) atoms. The van der Waals surface area contributed by atoms with Crippen LogP contribution in [0, 0.1) is 5.92 Å². The Balaban J connectivity index is 1.82. The van der Waals surface area contributed by atoms with Gasteiger partial charge < -0.3 is 4.84 Å². The van der Waals surface area contributed by atoms with Crippen molar-refractivity contribution in [3.8, 4) is 0 Å². The monoisotopic (exact) mass is 249 g/mol. The molecule has 1 aromatic carbocycles. The summed E-state index contributed by atoms with van der Waals surface area (Å²) in [7, 11) is 0. The van der Waals surface area contributed by atoms with Crippen molar-refractivity contribution in [2.24, 2.45) is 5.92 Å². The van der Waals surface area contributed by atoms with Gasteiger partial charge in [-0.15, -0.1) is 0 Å². The highest BCUT2D eigenvalue weighted by atomic mass is 19.1. The Hall–Kier alpha value is -2.24. The second kappa shape index (κ2) is 3.63. The Morgan fingerprint density at radius 2 is 1.72 bits per heavy atom. The molecule has 5 nitrogen and oxygen atoms in total. The van der Waals surface area contributed by atoms with Gasteiger partial charge >= 0.3 is 5.97 Å². The van der Waals surface area contributed by atoms with Gasteiger partial charge in [0, 0.05) is 0 Å². The quantitative estimate of drug-likeness (QED) is 0.736. The van der Waals surface area contributed by atoms with Gasteiger partial charge in [0.2, 0.25) is 0 Å². The van der Waals surface area contributed by atoms with Gasteiger partial charge in [-0.1, -0.05) is 17.2 Å². The van der Waals surface area contributed by atoms with E-state index < -0.39 is 29.9 Å². The summed E-state index contributed by atoms with van der Waals surface area (Å²) in [4.78, 5) is 39.7. The third kappa shape index (κ3) is 1.49. The average Bonchev–Trinajstić information content (AvgIpc) is 3.06. The molecule has 0 radical (unpaired) electrons. The van der Waals surface area contributed by atoms with Crippen LogP contribution in [0.5, 0.6) is 0 Å². The van der Waals surface area contributed by atoms with Crippen LogP contribution in [0.25, 0.3) is 0 Å². The Bertz CT molecular complexity index is 536. The average molecular weight is 249 g/mol. The van der Waals surface area contributed by atoms with Crippen LogP contribution in [0.1, 0.15) is 27.1 Å². The molecule has 1 saturated carbocycles. The maximum atomic E-state index is 12.7. The molecule has 1 aliphatic heterocycles. The van der Waals surface area contributed by atoms with Crippen LogP contribution >= 0.6 is 0 Å². The summed E-state index contributed by atoms with van der Waals surface area (Å²) in [5.74, 6) is -3.12. The van der Waals surface area contributed by atoms with Crippen LogP contribution in [-0.4, -0.2) is 29.0 Å². The largest absolute Gasteiger partial charge is 0.339 e. The number of hydroxylamine groups is 2. The van der Waals surface area contributed by atoms with E-state index in [2.05, 4.69) is 4.84 Å². The molecule has 0 aromatic heterocycles. The number of hydrogen-bond donors (Lipinski definition) is 0. The third-order valence-corrected chi connectivity index (χ3v) is 2.95. The maximum absolute atomic E-state index is 12.7. The minimum absolute atomic E-state index is 0.0853. The lowest BCUT2D eigenvalue weighted by Gasteiger charge is -2.11. The highest BCUT2D eigenvalue weighted by Crippen LogP contribution is 2.35. The van der Waals surface area contributed by atoms with E-state index in [-0.39, 0.29) is 17.5 Å².